The molecular weight excluding hydrogens is 374 g/mol. The van der Waals surface area contributed by atoms with Gasteiger partial charge in [-0.25, -0.2) is 4.98 Å². The second-order valence-electron chi connectivity index (χ2n) is 4.38. The summed E-state index contributed by atoms with van der Waals surface area (Å²) in [5, 5.41) is 17.7. The number of carbonyl (C=O) groups excluding carboxylic acids is 1. The average molecular weight is 382 g/mol. The molecule has 2 heterocycles. The molecule has 2 aromatic heterocycles. The first-order valence-electron chi connectivity index (χ1n) is 5.99. The molecule has 3 aromatic rings. The van der Waals surface area contributed by atoms with Crippen LogP contribution in [-0.4, -0.2) is 25.6 Å². The highest BCUT2D eigenvalue weighted by atomic mass is 79.9. The van der Waals surface area contributed by atoms with E-state index in [0.717, 1.165) is 14.7 Å². The van der Waals surface area contributed by atoms with Crippen molar-refractivity contribution in [2.75, 3.05) is 5.32 Å². The fourth-order valence-corrected chi connectivity index (χ4v) is 3.29. The Balaban J connectivity index is 1.91. The summed E-state index contributed by atoms with van der Waals surface area (Å²) in [4.78, 5) is 26.7. The number of hydrogen-bond donors (Lipinski definition) is 1. The van der Waals surface area contributed by atoms with E-state index < -0.39 is 10.8 Å². The molecule has 10 heteroatoms. The van der Waals surface area contributed by atoms with Crippen molar-refractivity contribution in [2.24, 2.45) is 7.05 Å². The number of benzene rings is 1. The standard InChI is InChI=1S/C12H8BrN5O3S/c1-17-5-8(18(20)21)10(16-17)11(19)15-12-14-7-3-2-6(13)4-9(7)22-12/h2-5H,1H3,(H,14,15,19). The smallest absolute Gasteiger partial charge is 0.296 e. The monoisotopic (exact) mass is 381 g/mol. The van der Waals surface area contributed by atoms with Gasteiger partial charge in [0.15, 0.2) is 5.13 Å². The molecule has 1 N–H and O–H groups in total. The molecular formula is C12H8BrN5O3S. The highest BCUT2D eigenvalue weighted by Gasteiger charge is 2.25. The maximum absolute atomic E-state index is 12.2. The lowest BCUT2D eigenvalue weighted by molar-refractivity contribution is -0.385. The van der Waals surface area contributed by atoms with Crippen molar-refractivity contribution in [1.82, 2.24) is 14.8 Å². The van der Waals surface area contributed by atoms with Gasteiger partial charge in [0.25, 0.3) is 5.91 Å². The fourth-order valence-electron chi connectivity index (χ4n) is 1.88. The summed E-state index contributed by atoms with van der Waals surface area (Å²) in [6.45, 7) is 0. The summed E-state index contributed by atoms with van der Waals surface area (Å²) in [7, 11) is 1.51. The van der Waals surface area contributed by atoms with Crippen molar-refractivity contribution in [1.29, 1.82) is 0 Å². The zero-order chi connectivity index (χ0) is 15.9. The summed E-state index contributed by atoms with van der Waals surface area (Å²) in [6.07, 6.45) is 1.18. The summed E-state index contributed by atoms with van der Waals surface area (Å²) in [6, 6.07) is 5.54. The van der Waals surface area contributed by atoms with Gasteiger partial charge in [-0.05, 0) is 18.2 Å². The zero-order valence-corrected chi connectivity index (χ0v) is 13.5. The molecule has 0 atom stereocenters. The predicted octanol–water partition coefficient (Wildman–Crippen LogP) is 2.95. The van der Waals surface area contributed by atoms with Gasteiger partial charge in [0.2, 0.25) is 5.69 Å². The number of fused-ring (bicyclic) bond motifs is 1. The van der Waals surface area contributed by atoms with Crippen LogP contribution in [0.5, 0.6) is 0 Å². The molecule has 0 spiro atoms. The van der Waals surface area contributed by atoms with Crippen molar-refractivity contribution in [3.63, 3.8) is 0 Å². The van der Waals surface area contributed by atoms with Crippen molar-refractivity contribution >= 4 is 54.2 Å². The number of nitrogens with one attached hydrogen (secondary N) is 1. The highest BCUT2D eigenvalue weighted by Crippen LogP contribution is 2.29. The molecule has 0 aliphatic heterocycles. The normalized spacial score (nSPS) is 10.8. The van der Waals surface area contributed by atoms with Gasteiger partial charge in [-0.1, -0.05) is 27.3 Å². The molecule has 8 nitrogen and oxygen atoms in total. The van der Waals surface area contributed by atoms with Crippen LogP contribution in [0.2, 0.25) is 0 Å². The first-order valence-corrected chi connectivity index (χ1v) is 7.60. The van der Waals surface area contributed by atoms with E-state index in [1.54, 1.807) is 0 Å². The van der Waals surface area contributed by atoms with E-state index in [2.05, 4.69) is 31.3 Å². The Morgan fingerprint density at radius 2 is 2.27 bits per heavy atom. The van der Waals surface area contributed by atoms with Crippen molar-refractivity contribution in [2.45, 2.75) is 0 Å². The number of aromatic nitrogens is 3. The molecule has 0 saturated heterocycles. The van der Waals surface area contributed by atoms with E-state index in [1.807, 2.05) is 18.2 Å². The summed E-state index contributed by atoms with van der Waals surface area (Å²) >= 11 is 4.64. The van der Waals surface area contributed by atoms with Gasteiger partial charge in [-0.3, -0.25) is 24.9 Å². The highest BCUT2D eigenvalue weighted by molar-refractivity contribution is 9.10. The lowest BCUT2D eigenvalue weighted by atomic mass is 10.3. The largest absolute Gasteiger partial charge is 0.320 e. The SMILES string of the molecule is Cn1cc([N+](=O)[O-])c(C(=O)Nc2nc3ccc(Br)cc3s2)n1. The average Bonchev–Trinajstić information content (AvgIpc) is 3.01. The minimum Gasteiger partial charge on any atom is -0.296 e. The van der Waals surface area contributed by atoms with E-state index in [9.17, 15) is 14.9 Å². The molecule has 22 heavy (non-hydrogen) atoms. The molecule has 112 valence electrons. The summed E-state index contributed by atoms with van der Waals surface area (Å²) in [5.74, 6) is -0.662. The van der Waals surface area contributed by atoms with Crippen LogP contribution >= 0.6 is 27.3 Å². The first-order chi connectivity index (χ1) is 10.4. The second-order valence-corrected chi connectivity index (χ2v) is 6.33. The quantitative estimate of drug-likeness (QED) is 0.554. The lowest BCUT2D eigenvalue weighted by Crippen LogP contribution is -2.14. The molecule has 0 radical (unpaired) electrons. The van der Waals surface area contributed by atoms with Gasteiger partial charge >= 0.3 is 5.69 Å². The molecule has 0 saturated carbocycles. The van der Waals surface area contributed by atoms with Crippen molar-refractivity contribution in [3.05, 3.63) is 44.7 Å². The predicted molar refractivity (Wildman–Crippen MR) is 85.1 cm³/mol. The fraction of sp³-hybridized carbons (Fsp3) is 0.0833. The minimum absolute atomic E-state index is 0.243. The Hall–Kier alpha value is -2.33. The van der Waals surface area contributed by atoms with Crippen molar-refractivity contribution in [3.8, 4) is 0 Å². The number of aryl methyl sites for hydroxylation is 1. The van der Waals surface area contributed by atoms with Crippen LogP contribution in [-0.2, 0) is 7.05 Å². The Bertz CT molecular complexity index is 903. The number of nitro groups is 1. The van der Waals surface area contributed by atoms with E-state index >= 15 is 0 Å². The molecule has 0 unspecified atom stereocenters. The topological polar surface area (TPSA) is 103 Å². The third kappa shape index (κ3) is 2.70. The van der Waals surface area contributed by atoms with Crippen LogP contribution < -0.4 is 5.32 Å². The number of carbonyl (C=O) groups is 1. The zero-order valence-electron chi connectivity index (χ0n) is 11.1. The molecule has 0 aliphatic carbocycles. The van der Waals surface area contributed by atoms with Crippen LogP contribution in [0.25, 0.3) is 10.2 Å². The molecule has 0 fully saturated rings. The number of thiazole rings is 1. The third-order valence-corrected chi connectivity index (χ3v) is 4.22. The first kappa shape index (κ1) is 14.6. The molecule has 3 rings (SSSR count). The molecule has 0 aliphatic rings. The number of amides is 1. The van der Waals surface area contributed by atoms with Crippen molar-refractivity contribution < 1.29 is 9.72 Å². The van der Waals surface area contributed by atoms with E-state index in [0.29, 0.717) is 5.13 Å². The summed E-state index contributed by atoms with van der Waals surface area (Å²) < 4.78 is 3.02. The number of nitrogens with zero attached hydrogens (tertiary/aromatic N) is 4. The Kier molecular flexibility index (Phi) is 3.62. The van der Waals surface area contributed by atoms with Crippen LogP contribution in [0.1, 0.15) is 10.5 Å². The van der Waals surface area contributed by atoms with Gasteiger partial charge in [-0.2, -0.15) is 5.10 Å². The Morgan fingerprint density at radius 3 is 3.00 bits per heavy atom. The lowest BCUT2D eigenvalue weighted by Gasteiger charge is -1.97. The number of rotatable bonds is 3. The maximum atomic E-state index is 12.2. The second kappa shape index (κ2) is 5.46. The number of hydrogen-bond acceptors (Lipinski definition) is 6. The number of halogens is 1. The van der Waals surface area contributed by atoms with Crippen LogP contribution in [0.3, 0.4) is 0 Å². The van der Waals surface area contributed by atoms with Gasteiger partial charge in [0, 0.05) is 11.5 Å². The van der Waals surface area contributed by atoms with Crippen LogP contribution in [0.15, 0.2) is 28.9 Å². The van der Waals surface area contributed by atoms with E-state index in [1.165, 1.54) is 29.3 Å². The maximum Gasteiger partial charge on any atom is 0.320 e. The molecule has 1 aromatic carbocycles. The Labute approximate surface area is 136 Å². The molecule has 0 bridgehead atoms. The van der Waals surface area contributed by atoms with Gasteiger partial charge in [0.1, 0.15) is 6.20 Å². The Morgan fingerprint density at radius 1 is 1.50 bits per heavy atom. The summed E-state index contributed by atoms with van der Waals surface area (Å²) in [5.41, 5.74) is 0.149. The molecule has 1 amide bonds. The van der Waals surface area contributed by atoms with Gasteiger partial charge in [0.05, 0.1) is 15.1 Å². The van der Waals surface area contributed by atoms with Gasteiger partial charge in [-0.15, -0.1) is 0 Å². The van der Waals surface area contributed by atoms with Crippen LogP contribution in [0.4, 0.5) is 10.8 Å². The number of anilines is 1. The third-order valence-electron chi connectivity index (χ3n) is 2.79. The van der Waals surface area contributed by atoms with E-state index in [-0.39, 0.29) is 11.4 Å². The minimum atomic E-state index is -0.662. The van der Waals surface area contributed by atoms with E-state index in [4.69, 9.17) is 0 Å². The van der Waals surface area contributed by atoms with Crippen LogP contribution in [0, 0.1) is 10.1 Å². The van der Waals surface area contributed by atoms with Gasteiger partial charge < -0.3 is 0 Å².